The van der Waals surface area contributed by atoms with Crippen molar-refractivity contribution in [2.24, 2.45) is 10.7 Å². The van der Waals surface area contributed by atoms with Gasteiger partial charge in [-0.2, -0.15) is 18.3 Å². The summed E-state index contributed by atoms with van der Waals surface area (Å²) in [7, 11) is 0. The van der Waals surface area contributed by atoms with Gasteiger partial charge in [-0.15, -0.1) is 0 Å². The molecule has 0 aliphatic heterocycles. The number of rotatable bonds is 7. The number of ether oxygens (including phenoxy) is 1. The third-order valence-electron chi connectivity index (χ3n) is 5.20. The first-order chi connectivity index (χ1) is 17.7. The molecule has 0 atom stereocenters. The molecule has 0 fully saturated rings. The lowest BCUT2D eigenvalue weighted by Crippen LogP contribution is -2.21. The highest BCUT2D eigenvalue weighted by Gasteiger charge is 2.31. The molecule has 4 rings (SSSR count). The van der Waals surface area contributed by atoms with Crippen LogP contribution in [0.25, 0.3) is 5.69 Å². The number of aromatic nitrogens is 2. The molecule has 0 spiro atoms. The van der Waals surface area contributed by atoms with E-state index in [1.165, 1.54) is 24.3 Å². The maximum atomic E-state index is 13.1. The average molecular weight is 525 g/mol. The molecule has 3 aromatic carbocycles. The normalized spacial score (nSPS) is 12.4. The molecular formula is C27H20ClF3N4O2. The number of halogens is 4. The number of aliphatic imine (C=N–C) groups is 1. The molecule has 188 valence electrons. The molecule has 37 heavy (non-hydrogen) atoms. The Labute approximate surface area is 215 Å². The lowest BCUT2D eigenvalue weighted by Gasteiger charge is -2.10. The smallest absolute Gasteiger partial charge is 0.430 e. The summed E-state index contributed by atoms with van der Waals surface area (Å²) < 4.78 is 46.4. The Balaban J connectivity index is 1.50. The second-order valence-electron chi connectivity index (χ2n) is 7.82. The van der Waals surface area contributed by atoms with E-state index in [0.29, 0.717) is 5.56 Å². The van der Waals surface area contributed by atoms with Gasteiger partial charge in [0.25, 0.3) is 0 Å². The highest BCUT2D eigenvalue weighted by Crippen LogP contribution is 2.27. The van der Waals surface area contributed by atoms with E-state index in [4.69, 9.17) is 22.1 Å². The van der Waals surface area contributed by atoms with Crippen molar-refractivity contribution in [1.82, 2.24) is 9.78 Å². The van der Waals surface area contributed by atoms with Crippen molar-refractivity contribution in [3.8, 4) is 5.69 Å². The van der Waals surface area contributed by atoms with Crippen LogP contribution in [0.4, 0.5) is 18.9 Å². The fraction of sp³-hybridized carbons (Fsp3) is 0.0741. The molecule has 1 heterocycles. The summed E-state index contributed by atoms with van der Waals surface area (Å²) in [5.41, 5.74) is 6.29. The first kappa shape index (κ1) is 25.7. The molecule has 0 amide bonds. The fourth-order valence-corrected chi connectivity index (χ4v) is 3.44. The number of nitrogens with zero attached hydrogens (tertiary/aromatic N) is 3. The Hall–Kier alpha value is -4.37. The van der Waals surface area contributed by atoms with E-state index in [-0.39, 0.29) is 28.6 Å². The zero-order valence-electron chi connectivity index (χ0n) is 19.2. The Morgan fingerprint density at radius 3 is 2.30 bits per heavy atom. The van der Waals surface area contributed by atoms with Gasteiger partial charge in [0.05, 0.1) is 27.7 Å². The van der Waals surface area contributed by atoms with Crippen molar-refractivity contribution >= 4 is 29.0 Å². The van der Waals surface area contributed by atoms with E-state index in [0.717, 1.165) is 17.3 Å². The Bertz CT molecular complexity index is 1430. The first-order valence-corrected chi connectivity index (χ1v) is 11.3. The lowest BCUT2D eigenvalue weighted by molar-refractivity contribution is -0.0925. The summed E-state index contributed by atoms with van der Waals surface area (Å²) in [5.74, 6) is -0.586. The third kappa shape index (κ3) is 6.65. The number of hydrogen-bond donors (Lipinski definition) is 1. The van der Waals surface area contributed by atoms with Gasteiger partial charge in [0.1, 0.15) is 12.3 Å². The molecule has 0 saturated carbocycles. The van der Waals surface area contributed by atoms with Crippen molar-refractivity contribution in [2.75, 3.05) is 0 Å². The van der Waals surface area contributed by atoms with Crippen LogP contribution < -0.4 is 5.73 Å². The van der Waals surface area contributed by atoms with Crippen LogP contribution in [0.5, 0.6) is 0 Å². The van der Waals surface area contributed by atoms with Gasteiger partial charge in [0.2, 0.25) is 0 Å². The number of benzene rings is 3. The van der Waals surface area contributed by atoms with Gasteiger partial charge < -0.3 is 10.5 Å². The van der Waals surface area contributed by atoms with Crippen LogP contribution >= 0.6 is 11.6 Å². The Morgan fingerprint density at radius 1 is 1.00 bits per heavy atom. The molecule has 1 aromatic heterocycles. The molecule has 0 bridgehead atoms. The molecule has 2 N–H and O–H groups in total. The number of carbonyl (C=O) groups excluding carboxylic acids is 1. The monoisotopic (exact) mass is 524 g/mol. The Morgan fingerprint density at radius 2 is 1.68 bits per heavy atom. The average Bonchev–Trinajstić information content (AvgIpc) is 3.43. The van der Waals surface area contributed by atoms with Gasteiger partial charge in [-0.3, -0.25) is 0 Å². The van der Waals surface area contributed by atoms with E-state index in [2.05, 4.69) is 10.1 Å². The van der Waals surface area contributed by atoms with Crippen molar-refractivity contribution < 1.29 is 22.7 Å². The number of allylic oxidation sites excluding steroid dienone is 2. The number of para-hydroxylation sites is 1. The van der Waals surface area contributed by atoms with Crippen LogP contribution in [0, 0.1) is 0 Å². The number of hydrogen-bond acceptors (Lipinski definition) is 5. The molecule has 0 radical (unpaired) electrons. The van der Waals surface area contributed by atoms with Crippen LogP contribution in [0.15, 0.2) is 108 Å². The third-order valence-corrected chi connectivity index (χ3v) is 5.52. The molecule has 4 aromatic rings. The second-order valence-corrected chi connectivity index (χ2v) is 8.22. The minimum Gasteiger partial charge on any atom is -0.457 e. The van der Waals surface area contributed by atoms with Crippen LogP contribution in [-0.2, 0) is 11.3 Å². The van der Waals surface area contributed by atoms with E-state index in [9.17, 15) is 18.0 Å². The van der Waals surface area contributed by atoms with Gasteiger partial charge in [0.15, 0.2) is 0 Å². The number of esters is 1. The van der Waals surface area contributed by atoms with Crippen LogP contribution in [0.3, 0.4) is 0 Å². The molecular weight excluding hydrogens is 505 g/mol. The van der Waals surface area contributed by atoms with Crippen LogP contribution in [-0.4, -0.2) is 27.6 Å². The van der Waals surface area contributed by atoms with Gasteiger partial charge in [0, 0.05) is 18.0 Å². The van der Waals surface area contributed by atoms with Crippen LogP contribution in [0.1, 0.15) is 21.5 Å². The molecule has 0 aliphatic rings. The highest BCUT2D eigenvalue weighted by molar-refractivity contribution is 6.33. The zero-order chi connectivity index (χ0) is 26.4. The predicted octanol–water partition coefficient (Wildman–Crippen LogP) is 6.41. The molecule has 10 heteroatoms. The summed E-state index contributed by atoms with van der Waals surface area (Å²) in [6.45, 7) is 0.0457. The van der Waals surface area contributed by atoms with Crippen molar-refractivity contribution in [3.63, 3.8) is 0 Å². The molecule has 6 nitrogen and oxygen atoms in total. The van der Waals surface area contributed by atoms with E-state index < -0.39 is 17.8 Å². The van der Waals surface area contributed by atoms with E-state index in [1.54, 1.807) is 35.1 Å². The van der Waals surface area contributed by atoms with Gasteiger partial charge in [-0.1, -0.05) is 48.0 Å². The number of alkyl halides is 3. The van der Waals surface area contributed by atoms with Gasteiger partial charge in [-0.25, -0.2) is 14.5 Å². The maximum absolute atomic E-state index is 13.1. The lowest BCUT2D eigenvalue weighted by atomic mass is 10.1. The summed E-state index contributed by atoms with van der Waals surface area (Å²) in [5, 5.41) is 4.42. The summed E-state index contributed by atoms with van der Waals surface area (Å²) in [6.07, 6.45) is -0.518. The standard InChI is InChI=1S/C27H20ClF3N4O2/c28-22-4-1-2-5-23(22)34-24(16-25(32)27(29,30)31)19-8-10-20(11-9-19)26(36)37-17-18-6-12-21(13-7-18)35-15-3-14-33-35/h1-16H,17,32H2/b25-16-,34-24?. The number of carbonyl (C=O) groups is 1. The molecule has 0 aliphatic carbocycles. The minimum absolute atomic E-state index is 0.0457. The van der Waals surface area contributed by atoms with Crippen molar-refractivity contribution in [3.05, 3.63) is 125 Å². The Kier molecular flexibility index (Phi) is 7.74. The van der Waals surface area contributed by atoms with E-state index in [1.807, 2.05) is 36.5 Å². The van der Waals surface area contributed by atoms with Crippen LogP contribution in [0.2, 0.25) is 5.02 Å². The quantitative estimate of drug-likeness (QED) is 0.224. The largest absolute Gasteiger partial charge is 0.457 e. The maximum Gasteiger partial charge on any atom is 0.430 e. The van der Waals surface area contributed by atoms with Gasteiger partial charge >= 0.3 is 12.1 Å². The summed E-state index contributed by atoms with van der Waals surface area (Å²) >= 11 is 6.12. The summed E-state index contributed by atoms with van der Waals surface area (Å²) in [4.78, 5) is 16.8. The predicted molar refractivity (Wildman–Crippen MR) is 135 cm³/mol. The fourth-order valence-electron chi connectivity index (χ4n) is 3.26. The SMILES string of the molecule is N/C(=C\C(=Nc1ccccc1Cl)c1ccc(C(=O)OCc2ccc(-n3cccn3)cc2)cc1)C(F)(F)F. The van der Waals surface area contributed by atoms with Gasteiger partial charge in [-0.05, 0) is 54.1 Å². The zero-order valence-corrected chi connectivity index (χ0v) is 19.9. The van der Waals surface area contributed by atoms with Crippen molar-refractivity contribution in [1.29, 1.82) is 0 Å². The van der Waals surface area contributed by atoms with Crippen molar-refractivity contribution in [2.45, 2.75) is 12.8 Å². The molecule has 0 saturated heterocycles. The summed E-state index contributed by atoms with van der Waals surface area (Å²) in [6, 6.07) is 21.4. The number of nitrogens with two attached hydrogens (primary N) is 1. The topological polar surface area (TPSA) is 82.5 Å². The molecule has 0 unspecified atom stereocenters. The minimum atomic E-state index is -4.73. The highest BCUT2D eigenvalue weighted by atomic mass is 35.5. The second kappa shape index (κ2) is 11.1. The van der Waals surface area contributed by atoms with E-state index >= 15 is 0 Å². The first-order valence-electron chi connectivity index (χ1n) is 10.9.